The smallest absolute Gasteiger partial charge is 0.148 e. The molecule has 2 heterocycles. The summed E-state index contributed by atoms with van der Waals surface area (Å²) >= 11 is 0. The molecule has 0 aliphatic carbocycles. The minimum Gasteiger partial charge on any atom is -0.312 e. The Kier molecular flexibility index (Phi) is 3.42. The first-order valence-electron chi connectivity index (χ1n) is 7.56. The van der Waals surface area contributed by atoms with Crippen LogP contribution >= 0.6 is 0 Å². The predicted octanol–water partition coefficient (Wildman–Crippen LogP) is 3.46. The number of nitrogens with one attached hydrogen (secondary N) is 1. The Hall–Kier alpha value is -2.53. The van der Waals surface area contributed by atoms with Crippen molar-refractivity contribution in [2.45, 2.75) is 13.0 Å². The summed E-state index contributed by atoms with van der Waals surface area (Å²) < 4.78 is 29.4. The fourth-order valence-electron chi connectivity index (χ4n) is 3.04. The van der Waals surface area contributed by atoms with E-state index in [4.69, 9.17) is 0 Å². The van der Waals surface area contributed by atoms with Gasteiger partial charge in [-0.2, -0.15) is 5.10 Å². The second-order valence-electron chi connectivity index (χ2n) is 5.57. The third-order valence-electron chi connectivity index (χ3n) is 4.11. The molecule has 0 saturated heterocycles. The summed E-state index contributed by atoms with van der Waals surface area (Å²) in [5.74, 6) is -0.623. The van der Waals surface area contributed by atoms with Gasteiger partial charge >= 0.3 is 0 Å². The van der Waals surface area contributed by atoms with Crippen molar-refractivity contribution in [3.8, 4) is 16.9 Å². The van der Waals surface area contributed by atoms with E-state index < -0.39 is 0 Å². The van der Waals surface area contributed by atoms with E-state index in [0.717, 1.165) is 24.2 Å². The third-order valence-corrected chi connectivity index (χ3v) is 4.11. The normalized spacial score (nSPS) is 13.8. The van der Waals surface area contributed by atoms with Gasteiger partial charge in [0.05, 0.1) is 11.4 Å². The van der Waals surface area contributed by atoms with Crippen molar-refractivity contribution in [3.63, 3.8) is 0 Å². The van der Waals surface area contributed by atoms with Gasteiger partial charge in [-0.3, -0.25) is 0 Å². The molecular weight excluding hydrogens is 296 g/mol. The lowest BCUT2D eigenvalue weighted by Gasteiger charge is -2.16. The largest absolute Gasteiger partial charge is 0.312 e. The standard InChI is InChI=1S/C18H15F2N3/c19-13-5-3-4-12(10-13)18-14-11-21-9-8-16(14)23(22-18)17-7-2-1-6-15(17)20/h1-7,10,21H,8-9,11H2. The SMILES string of the molecule is Fc1cccc(-c2nn(-c3ccccc3F)c3c2CNCC3)c1. The number of rotatable bonds is 2. The van der Waals surface area contributed by atoms with E-state index in [1.54, 1.807) is 28.9 Å². The zero-order chi connectivity index (χ0) is 15.8. The number of para-hydroxylation sites is 1. The molecule has 116 valence electrons. The van der Waals surface area contributed by atoms with E-state index in [1.165, 1.54) is 18.2 Å². The van der Waals surface area contributed by atoms with Crippen LogP contribution in [-0.2, 0) is 13.0 Å². The molecule has 0 radical (unpaired) electrons. The molecule has 5 heteroatoms. The molecule has 0 atom stereocenters. The molecule has 0 spiro atoms. The average Bonchev–Trinajstić information content (AvgIpc) is 2.95. The minimum atomic E-state index is -0.317. The maximum absolute atomic E-state index is 14.2. The molecule has 1 aliphatic rings. The van der Waals surface area contributed by atoms with Crippen molar-refractivity contribution in [1.29, 1.82) is 0 Å². The molecule has 0 unspecified atom stereocenters. The Morgan fingerprint density at radius 2 is 1.91 bits per heavy atom. The van der Waals surface area contributed by atoms with Gasteiger partial charge < -0.3 is 5.32 Å². The Balaban J connectivity index is 1.94. The molecule has 0 bridgehead atoms. The van der Waals surface area contributed by atoms with Crippen molar-refractivity contribution in [3.05, 3.63) is 71.4 Å². The van der Waals surface area contributed by atoms with Crippen LogP contribution in [0.2, 0.25) is 0 Å². The molecule has 0 fully saturated rings. The number of fused-ring (bicyclic) bond motifs is 1. The zero-order valence-corrected chi connectivity index (χ0v) is 12.4. The van der Waals surface area contributed by atoms with Crippen LogP contribution in [0.1, 0.15) is 11.3 Å². The van der Waals surface area contributed by atoms with Crippen LogP contribution in [0.3, 0.4) is 0 Å². The lowest BCUT2D eigenvalue weighted by Crippen LogP contribution is -2.24. The van der Waals surface area contributed by atoms with Crippen LogP contribution in [0.4, 0.5) is 8.78 Å². The fourth-order valence-corrected chi connectivity index (χ4v) is 3.04. The van der Waals surface area contributed by atoms with Gasteiger partial charge in [0.2, 0.25) is 0 Å². The predicted molar refractivity (Wildman–Crippen MR) is 84.3 cm³/mol. The maximum Gasteiger partial charge on any atom is 0.148 e. The molecule has 3 nitrogen and oxygen atoms in total. The van der Waals surface area contributed by atoms with E-state index in [-0.39, 0.29) is 11.6 Å². The van der Waals surface area contributed by atoms with Gasteiger partial charge in [-0.05, 0) is 24.3 Å². The molecule has 0 amide bonds. The van der Waals surface area contributed by atoms with Gasteiger partial charge in [0.1, 0.15) is 17.3 Å². The highest BCUT2D eigenvalue weighted by Gasteiger charge is 2.23. The van der Waals surface area contributed by atoms with Crippen molar-refractivity contribution >= 4 is 0 Å². The summed E-state index contributed by atoms with van der Waals surface area (Å²) in [5, 5.41) is 7.91. The summed E-state index contributed by atoms with van der Waals surface area (Å²) in [6.07, 6.45) is 0.756. The summed E-state index contributed by atoms with van der Waals surface area (Å²) in [5.41, 5.74) is 3.82. The number of halogens is 2. The Bertz CT molecular complexity index is 870. The van der Waals surface area contributed by atoms with Crippen LogP contribution in [0.25, 0.3) is 16.9 Å². The number of nitrogens with zero attached hydrogens (tertiary/aromatic N) is 2. The molecule has 3 aromatic rings. The lowest BCUT2D eigenvalue weighted by molar-refractivity contribution is 0.591. The number of aromatic nitrogens is 2. The molecule has 4 rings (SSSR count). The van der Waals surface area contributed by atoms with Gasteiger partial charge in [0, 0.05) is 30.6 Å². The van der Waals surface area contributed by atoms with Gasteiger partial charge in [0.15, 0.2) is 0 Å². The maximum atomic E-state index is 14.2. The monoisotopic (exact) mass is 311 g/mol. The fraction of sp³-hybridized carbons (Fsp3) is 0.167. The van der Waals surface area contributed by atoms with Gasteiger partial charge in [-0.15, -0.1) is 0 Å². The highest BCUT2D eigenvalue weighted by atomic mass is 19.1. The van der Waals surface area contributed by atoms with Crippen LogP contribution in [0, 0.1) is 11.6 Å². The lowest BCUT2D eigenvalue weighted by atomic mass is 10.0. The van der Waals surface area contributed by atoms with E-state index in [9.17, 15) is 8.78 Å². The van der Waals surface area contributed by atoms with Crippen LogP contribution < -0.4 is 5.32 Å². The second kappa shape index (κ2) is 5.59. The van der Waals surface area contributed by atoms with Crippen molar-refractivity contribution in [1.82, 2.24) is 15.1 Å². The van der Waals surface area contributed by atoms with Gasteiger partial charge in [0.25, 0.3) is 0 Å². The molecule has 23 heavy (non-hydrogen) atoms. The van der Waals surface area contributed by atoms with E-state index in [2.05, 4.69) is 10.4 Å². The molecule has 1 N–H and O–H groups in total. The van der Waals surface area contributed by atoms with E-state index in [1.807, 2.05) is 6.07 Å². The first-order valence-corrected chi connectivity index (χ1v) is 7.56. The molecule has 1 aliphatic heterocycles. The first kappa shape index (κ1) is 14.1. The van der Waals surface area contributed by atoms with Crippen molar-refractivity contribution < 1.29 is 8.78 Å². The van der Waals surface area contributed by atoms with Crippen molar-refractivity contribution in [2.24, 2.45) is 0 Å². The van der Waals surface area contributed by atoms with E-state index in [0.29, 0.717) is 23.5 Å². The van der Waals surface area contributed by atoms with Crippen LogP contribution in [0.15, 0.2) is 48.5 Å². The highest BCUT2D eigenvalue weighted by Crippen LogP contribution is 2.30. The van der Waals surface area contributed by atoms with Gasteiger partial charge in [-0.25, -0.2) is 13.5 Å². The van der Waals surface area contributed by atoms with Crippen molar-refractivity contribution in [2.75, 3.05) is 6.54 Å². The Morgan fingerprint density at radius 1 is 1.04 bits per heavy atom. The third kappa shape index (κ3) is 2.43. The number of hydrogen-bond acceptors (Lipinski definition) is 2. The average molecular weight is 311 g/mol. The summed E-state index contributed by atoms with van der Waals surface area (Å²) in [6.45, 7) is 1.46. The molecule has 1 aromatic heterocycles. The Morgan fingerprint density at radius 3 is 2.74 bits per heavy atom. The van der Waals surface area contributed by atoms with Gasteiger partial charge in [-0.1, -0.05) is 24.3 Å². The summed E-state index contributed by atoms with van der Waals surface area (Å²) in [6, 6.07) is 12.9. The quantitative estimate of drug-likeness (QED) is 0.785. The summed E-state index contributed by atoms with van der Waals surface area (Å²) in [7, 11) is 0. The molecule has 0 saturated carbocycles. The topological polar surface area (TPSA) is 29.9 Å². The number of benzene rings is 2. The Labute approximate surface area is 132 Å². The van der Waals surface area contributed by atoms with Crippen LogP contribution in [0.5, 0.6) is 0 Å². The molecular formula is C18H15F2N3. The van der Waals surface area contributed by atoms with Crippen LogP contribution in [-0.4, -0.2) is 16.3 Å². The zero-order valence-electron chi connectivity index (χ0n) is 12.4. The first-order chi connectivity index (χ1) is 11.2. The highest BCUT2D eigenvalue weighted by molar-refractivity contribution is 5.65. The minimum absolute atomic E-state index is 0.305. The molecule has 2 aromatic carbocycles. The summed E-state index contributed by atoms with van der Waals surface area (Å²) in [4.78, 5) is 0. The number of hydrogen-bond donors (Lipinski definition) is 1. The van der Waals surface area contributed by atoms with E-state index >= 15 is 0 Å². The second-order valence-corrected chi connectivity index (χ2v) is 5.57.